The number of ether oxygens (including phenoxy) is 1. The van der Waals surface area contributed by atoms with Crippen molar-refractivity contribution < 1.29 is 18.8 Å². The molecule has 1 aromatic carbocycles. The molecule has 11 nitrogen and oxygen atoms in total. The zero-order chi connectivity index (χ0) is 24.6. The van der Waals surface area contributed by atoms with Gasteiger partial charge >= 0.3 is 5.97 Å². The van der Waals surface area contributed by atoms with Gasteiger partial charge in [-0.1, -0.05) is 23.4 Å². The summed E-state index contributed by atoms with van der Waals surface area (Å²) in [6.07, 6.45) is 8.68. The molecule has 0 amide bonds. The van der Waals surface area contributed by atoms with Crippen LogP contribution in [0.3, 0.4) is 0 Å². The highest BCUT2D eigenvalue weighted by atomic mass is 19.1. The van der Waals surface area contributed by atoms with Crippen LogP contribution in [0.2, 0.25) is 0 Å². The van der Waals surface area contributed by atoms with Crippen LogP contribution in [0, 0.1) is 11.2 Å². The fraction of sp³-hybridized carbons (Fsp3) is 0.261. The molecule has 4 rings (SSSR count). The number of anilines is 1. The number of aromatic nitrogens is 4. The highest BCUT2D eigenvalue weighted by molar-refractivity contribution is 5.94. The highest BCUT2D eigenvalue weighted by Crippen LogP contribution is 2.26. The van der Waals surface area contributed by atoms with E-state index in [9.17, 15) is 4.79 Å². The molecule has 35 heavy (non-hydrogen) atoms. The van der Waals surface area contributed by atoms with E-state index >= 15 is 4.39 Å². The molecule has 0 bridgehead atoms. The number of nitrogens with one attached hydrogen (secondary N) is 1. The zero-order valence-electron chi connectivity index (χ0n) is 18.7. The van der Waals surface area contributed by atoms with Crippen LogP contribution in [-0.4, -0.2) is 50.5 Å². The molecular formula is C23H23FN8O3. The number of nitrogens with zero attached hydrogens (tertiary/aromatic N) is 6. The summed E-state index contributed by atoms with van der Waals surface area (Å²) in [5.74, 6) is -0.506. The van der Waals surface area contributed by atoms with E-state index < -0.39 is 11.8 Å². The Bertz CT molecular complexity index is 1210. The molecule has 0 spiro atoms. The molecule has 3 heterocycles. The monoisotopic (exact) mass is 478 g/mol. The molecule has 0 radical (unpaired) electrons. The topological polar surface area (TPSA) is 153 Å². The number of carbonyl (C=O) groups is 1. The summed E-state index contributed by atoms with van der Waals surface area (Å²) < 4.78 is 20.0. The molecule has 2 aromatic heterocycles. The van der Waals surface area contributed by atoms with E-state index in [-0.39, 0.29) is 24.4 Å². The summed E-state index contributed by atoms with van der Waals surface area (Å²) in [7, 11) is 0. The molecule has 0 atom stereocenters. The number of piperidine rings is 1. The Kier molecular flexibility index (Phi) is 7.50. The van der Waals surface area contributed by atoms with Crippen molar-refractivity contribution in [3.63, 3.8) is 0 Å². The number of carbonyl (C=O) groups excluding carboxylic acids is 1. The van der Waals surface area contributed by atoms with Gasteiger partial charge in [0.05, 0.1) is 18.1 Å². The number of halogens is 1. The molecule has 3 N–H and O–H groups in total. The third-order valence-corrected chi connectivity index (χ3v) is 5.19. The maximum absolute atomic E-state index is 15.0. The molecule has 0 saturated carbocycles. The minimum Gasteiger partial charge on any atom is -0.460 e. The second kappa shape index (κ2) is 11.1. The van der Waals surface area contributed by atoms with Gasteiger partial charge < -0.3 is 20.2 Å². The maximum Gasteiger partial charge on any atom is 0.313 e. The van der Waals surface area contributed by atoms with Crippen molar-refractivity contribution in [2.75, 3.05) is 18.0 Å². The van der Waals surface area contributed by atoms with E-state index in [0.29, 0.717) is 48.8 Å². The van der Waals surface area contributed by atoms with Crippen molar-refractivity contribution in [2.45, 2.75) is 25.9 Å². The summed E-state index contributed by atoms with van der Waals surface area (Å²) in [4.78, 5) is 35.6. The Morgan fingerprint density at radius 2 is 1.86 bits per heavy atom. The predicted octanol–water partition coefficient (Wildman–Crippen LogP) is 2.48. The summed E-state index contributed by atoms with van der Waals surface area (Å²) >= 11 is 0. The first-order chi connectivity index (χ1) is 17.0. The Morgan fingerprint density at radius 3 is 2.54 bits per heavy atom. The number of nitrogens with two attached hydrogens (primary N) is 1. The zero-order valence-corrected chi connectivity index (χ0v) is 18.7. The second-order valence-electron chi connectivity index (χ2n) is 7.72. The average Bonchev–Trinajstić information content (AvgIpc) is 2.88. The van der Waals surface area contributed by atoms with Crippen molar-refractivity contribution in [3.8, 4) is 16.9 Å². The van der Waals surface area contributed by atoms with Crippen LogP contribution in [-0.2, 0) is 16.1 Å². The highest BCUT2D eigenvalue weighted by Gasteiger charge is 2.19. The summed E-state index contributed by atoms with van der Waals surface area (Å²) in [5, 5.41) is 11.3. The molecular weight excluding hydrogens is 455 g/mol. The molecule has 1 fully saturated rings. The Labute approximate surface area is 200 Å². The van der Waals surface area contributed by atoms with Crippen molar-refractivity contribution in [2.24, 2.45) is 10.9 Å². The van der Waals surface area contributed by atoms with Gasteiger partial charge in [0.15, 0.2) is 5.75 Å². The van der Waals surface area contributed by atoms with Gasteiger partial charge in [0, 0.05) is 55.0 Å². The molecule has 3 aromatic rings. The summed E-state index contributed by atoms with van der Waals surface area (Å²) in [6.45, 7) is 1.08. The number of oxime groups is 1. The van der Waals surface area contributed by atoms with E-state index in [1.54, 1.807) is 36.9 Å². The standard InChI is InChI=1S/C23H23FN8O3/c24-22-15(13-34-21(33)8-20(25)26)2-1-3-19(22)16-9-29-23(30-10-16)32-6-4-17(5-7-32)31-35-18-11-27-14-28-12-18/h1-3,9-12,14H,4-8,13H2,(H3,25,26). The number of benzene rings is 1. The van der Waals surface area contributed by atoms with Crippen LogP contribution in [0.25, 0.3) is 11.1 Å². The number of hydrogen-bond acceptors (Lipinski definition) is 10. The van der Waals surface area contributed by atoms with Crippen molar-refractivity contribution in [1.29, 1.82) is 5.41 Å². The smallest absolute Gasteiger partial charge is 0.313 e. The molecule has 1 aliphatic heterocycles. The molecule has 0 unspecified atom stereocenters. The predicted molar refractivity (Wildman–Crippen MR) is 125 cm³/mol. The lowest BCUT2D eigenvalue weighted by atomic mass is 10.0. The minimum absolute atomic E-state index is 0.204. The molecule has 1 saturated heterocycles. The number of rotatable bonds is 8. The lowest BCUT2D eigenvalue weighted by Crippen LogP contribution is -2.35. The Morgan fingerprint density at radius 1 is 1.14 bits per heavy atom. The van der Waals surface area contributed by atoms with E-state index in [4.69, 9.17) is 20.7 Å². The van der Waals surface area contributed by atoms with Crippen molar-refractivity contribution in [1.82, 2.24) is 19.9 Å². The number of esters is 1. The van der Waals surface area contributed by atoms with E-state index in [1.807, 2.05) is 4.90 Å². The van der Waals surface area contributed by atoms with Crippen LogP contribution in [0.5, 0.6) is 5.75 Å². The van der Waals surface area contributed by atoms with Crippen LogP contribution < -0.4 is 15.5 Å². The summed E-state index contributed by atoms with van der Waals surface area (Å²) in [6, 6.07) is 4.79. The lowest BCUT2D eigenvalue weighted by molar-refractivity contribution is -0.143. The Balaban J connectivity index is 1.36. The van der Waals surface area contributed by atoms with Crippen LogP contribution in [0.15, 0.2) is 54.5 Å². The second-order valence-corrected chi connectivity index (χ2v) is 7.72. The largest absolute Gasteiger partial charge is 0.460 e. The van der Waals surface area contributed by atoms with Crippen LogP contribution in [0.4, 0.5) is 10.3 Å². The SMILES string of the molecule is N=C(N)CC(=O)OCc1cccc(-c2cnc(N3CCC(=NOc4cncnc4)CC3)nc2)c1F. The first-order valence-corrected chi connectivity index (χ1v) is 10.8. The summed E-state index contributed by atoms with van der Waals surface area (Å²) in [5.41, 5.74) is 7.10. The maximum atomic E-state index is 15.0. The van der Waals surface area contributed by atoms with Crippen LogP contribution >= 0.6 is 0 Å². The molecule has 0 aliphatic carbocycles. The average molecular weight is 478 g/mol. The normalized spacial score (nSPS) is 13.3. The fourth-order valence-corrected chi connectivity index (χ4v) is 3.41. The van der Waals surface area contributed by atoms with Crippen LogP contribution in [0.1, 0.15) is 24.8 Å². The van der Waals surface area contributed by atoms with Gasteiger partial charge in [-0.2, -0.15) is 0 Å². The Hall–Kier alpha value is -4.48. The minimum atomic E-state index is -0.689. The quantitative estimate of drug-likeness (QED) is 0.215. The van der Waals surface area contributed by atoms with Gasteiger partial charge in [-0.15, -0.1) is 0 Å². The van der Waals surface area contributed by atoms with Gasteiger partial charge in [-0.05, 0) is 0 Å². The molecule has 180 valence electrons. The first kappa shape index (κ1) is 23.7. The van der Waals surface area contributed by atoms with Gasteiger partial charge in [-0.25, -0.2) is 24.3 Å². The lowest BCUT2D eigenvalue weighted by Gasteiger charge is -2.27. The fourth-order valence-electron chi connectivity index (χ4n) is 3.41. The van der Waals surface area contributed by atoms with Crippen molar-refractivity contribution >= 4 is 23.5 Å². The number of amidine groups is 1. The van der Waals surface area contributed by atoms with Gasteiger partial charge in [0.2, 0.25) is 5.95 Å². The van der Waals surface area contributed by atoms with Gasteiger partial charge in [0.1, 0.15) is 31.0 Å². The molecule has 1 aliphatic rings. The third kappa shape index (κ3) is 6.31. The van der Waals surface area contributed by atoms with E-state index in [1.165, 1.54) is 12.4 Å². The van der Waals surface area contributed by atoms with Gasteiger partial charge in [0.25, 0.3) is 0 Å². The third-order valence-electron chi connectivity index (χ3n) is 5.19. The van der Waals surface area contributed by atoms with Gasteiger partial charge in [-0.3, -0.25) is 10.2 Å². The van der Waals surface area contributed by atoms with E-state index in [2.05, 4.69) is 25.1 Å². The molecule has 12 heteroatoms. The van der Waals surface area contributed by atoms with Crippen molar-refractivity contribution in [3.05, 3.63) is 60.7 Å². The number of hydrogen-bond donors (Lipinski definition) is 2. The van der Waals surface area contributed by atoms with E-state index in [0.717, 1.165) is 5.71 Å². The first-order valence-electron chi connectivity index (χ1n) is 10.8.